The Hall–Kier alpha value is -2.82. The molecule has 1 heterocycles. The van der Waals surface area contributed by atoms with Crippen LogP contribution in [0.2, 0.25) is 5.02 Å². The van der Waals surface area contributed by atoms with E-state index in [1.54, 1.807) is 0 Å². The van der Waals surface area contributed by atoms with Gasteiger partial charge in [-0.2, -0.15) is 13.2 Å². The third kappa shape index (κ3) is 2.77. The molecular formula is C16H5ClF7NO3. The molecule has 0 radical (unpaired) electrons. The van der Waals surface area contributed by atoms with E-state index in [9.17, 15) is 40.3 Å². The molecule has 0 aliphatic carbocycles. The van der Waals surface area contributed by atoms with E-state index < -0.39 is 63.7 Å². The molecular weight excluding hydrogens is 423 g/mol. The number of esters is 1. The molecule has 28 heavy (non-hydrogen) atoms. The van der Waals surface area contributed by atoms with Crippen molar-refractivity contribution in [2.45, 2.75) is 11.8 Å². The van der Waals surface area contributed by atoms with Crippen LogP contribution in [0.25, 0.3) is 0 Å². The van der Waals surface area contributed by atoms with Gasteiger partial charge in [-0.1, -0.05) is 17.7 Å². The van der Waals surface area contributed by atoms with Crippen LogP contribution in [0.4, 0.5) is 36.4 Å². The first-order valence-electron chi connectivity index (χ1n) is 7.14. The molecule has 0 unspecified atom stereocenters. The quantitative estimate of drug-likeness (QED) is 0.333. The molecule has 12 heteroatoms. The van der Waals surface area contributed by atoms with Crippen LogP contribution in [-0.4, -0.2) is 18.1 Å². The minimum atomic E-state index is -5.56. The van der Waals surface area contributed by atoms with Crippen LogP contribution in [-0.2, 0) is 15.1 Å². The number of carbonyl (C=O) groups is 2. The van der Waals surface area contributed by atoms with E-state index in [0.29, 0.717) is 0 Å². The maximum atomic E-state index is 13.8. The van der Waals surface area contributed by atoms with Gasteiger partial charge in [-0.15, -0.1) is 0 Å². The molecule has 2 aromatic carbocycles. The Morgan fingerprint density at radius 2 is 1.68 bits per heavy atom. The van der Waals surface area contributed by atoms with Gasteiger partial charge in [0, 0.05) is 10.6 Å². The van der Waals surface area contributed by atoms with Crippen LogP contribution in [0.5, 0.6) is 0 Å². The Bertz CT molecular complexity index is 1020. The second-order valence-corrected chi connectivity index (χ2v) is 6.00. The lowest BCUT2D eigenvalue weighted by atomic mass is 9.94. The lowest BCUT2D eigenvalue weighted by Gasteiger charge is -2.29. The lowest BCUT2D eigenvalue weighted by molar-refractivity contribution is -0.251. The van der Waals surface area contributed by atoms with Gasteiger partial charge >= 0.3 is 17.7 Å². The largest absolute Gasteiger partial charge is 0.442 e. The summed E-state index contributed by atoms with van der Waals surface area (Å²) in [6.45, 7) is 0. The van der Waals surface area contributed by atoms with Crippen molar-refractivity contribution in [2.24, 2.45) is 0 Å². The van der Waals surface area contributed by atoms with Gasteiger partial charge < -0.3 is 10.1 Å². The van der Waals surface area contributed by atoms with Crippen LogP contribution in [0.3, 0.4) is 0 Å². The molecule has 0 spiro atoms. The molecule has 1 atom stereocenters. The fourth-order valence-corrected chi connectivity index (χ4v) is 2.79. The summed E-state index contributed by atoms with van der Waals surface area (Å²) in [5, 5.41) is 1.76. The van der Waals surface area contributed by atoms with Gasteiger partial charge in [0.15, 0.2) is 23.3 Å². The predicted octanol–water partition coefficient (Wildman–Crippen LogP) is 4.46. The van der Waals surface area contributed by atoms with E-state index in [1.807, 2.05) is 5.32 Å². The molecule has 1 aliphatic rings. The topological polar surface area (TPSA) is 55.4 Å². The smallest absolute Gasteiger partial charge is 0.430 e. The Labute approximate surface area is 155 Å². The summed E-state index contributed by atoms with van der Waals surface area (Å²) in [7, 11) is 0. The third-order valence-electron chi connectivity index (χ3n) is 3.90. The minimum absolute atomic E-state index is 0.0583. The zero-order chi connectivity index (χ0) is 21.0. The van der Waals surface area contributed by atoms with Crippen molar-refractivity contribution >= 4 is 29.2 Å². The molecule has 148 valence electrons. The molecule has 1 aliphatic heterocycles. The number of amides is 1. The number of benzene rings is 2. The van der Waals surface area contributed by atoms with Crippen molar-refractivity contribution in [2.75, 3.05) is 5.32 Å². The SMILES string of the molecule is O=C(O[C@]1(C(F)(F)F)C(=O)Nc2cc(Cl)ccc21)c1cc(F)c(F)c(F)c1F. The molecule has 4 nitrogen and oxygen atoms in total. The predicted molar refractivity (Wildman–Crippen MR) is 79.5 cm³/mol. The zero-order valence-electron chi connectivity index (χ0n) is 13.1. The van der Waals surface area contributed by atoms with Crippen molar-refractivity contribution in [1.82, 2.24) is 0 Å². The van der Waals surface area contributed by atoms with Crippen molar-refractivity contribution in [3.63, 3.8) is 0 Å². The number of anilines is 1. The second kappa shape index (κ2) is 6.36. The van der Waals surface area contributed by atoms with Crippen LogP contribution in [0.1, 0.15) is 15.9 Å². The summed E-state index contributed by atoms with van der Waals surface area (Å²) >= 11 is 5.64. The molecule has 1 amide bonds. The molecule has 0 fully saturated rings. The Morgan fingerprint density at radius 3 is 2.29 bits per heavy atom. The first-order valence-corrected chi connectivity index (χ1v) is 7.52. The molecule has 0 aromatic heterocycles. The maximum absolute atomic E-state index is 13.8. The van der Waals surface area contributed by atoms with Crippen molar-refractivity contribution < 1.29 is 45.1 Å². The molecule has 3 rings (SSSR count). The number of nitrogens with one attached hydrogen (secondary N) is 1. The first-order chi connectivity index (χ1) is 12.9. The summed E-state index contributed by atoms with van der Waals surface area (Å²) in [4.78, 5) is 24.2. The van der Waals surface area contributed by atoms with Gasteiger partial charge in [0.25, 0.3) is 5.91 Å². The lowest BCUT2D eigenvalue weighted by Crippen LogP contribution is -2.51. The summed E-state index contributed by atoms with van der Waals surface area (Å²) in [6, 6.07) is 2.45. The average molecular weight is 428 g/mol. The van der Waals surface area contributed by atoms with E-state index in [1.165, 1.54) is 0 Å². The number of halogens is 8. The number of fused-ring (bicyclic) bond motifs is 1. The average Bonchev–Trinajstić information content (AvgIpc) is 2.87. The van der Waals surface area contributed by atoms with Crippen molar-refractivity contribution in [3.05, 3.63) is 63.7 Å². The van der Waals surface area contributed by atoms with Crippen LogP contribution >= 0.6 is 11.6 Å². The Balaban J connectivity index is 2.15. The van der Waals surface area contributed by atoms with E-state index >= 15 is 0 Å². The number of carbonyl (C=O) groups excluding carboxylic acids is 2. The molecule has 2 aromatic rings. The summed E-state index contributed by atoms with van der Waals surface area (Å²) in [6.07, 6.45) is -5.56. The van der Waals surface area contributed by atoms with Gasteiger partial charge in [0.1, 0.15) is 5.56 Å². The van der Waals surface area contributed by atoms with Gasteiger partial charge in [-0.25, -0.2) is 22.4 Å². The van der Waals surface area contributed by atoms with Crippen LogP contribution in [0, 0.1) is 23.3 Å². The zero-order valence-corrected chi connectivity index (χ0v) is 13.8. The maximum Gasteiger partial charge on any atom is 0.442 e. The standard InChI is InChI=1S/C16H5ClF7NO3/c17-5-1-2-7-9(3-5)25-14(27)15(7,16(22,23)24)28-13(26)6-4-8(18)11(20)12(21)10(6)19/h1-4H,(H,25,27)/t15-/m0/s1. The van der Waals surface area contributed by atoms with Crippen LogP contribution < -0.4 is 5.32 Å². The fraction of sp³-hybridized carbons (Fsp3) is 0.125. The number of alkyl halides is 3. The number of ether oxygens (including phenoxy) is 1. The van der Waals surface area contributed by atoms with Gasteiger partial charge in [-0.05, 0) is 18.2 Å². The van der Waals surface area contributed by atoms with E-state index in [-0.39, 0.29) is 11.1 Å². The number of hydrogen-bond acceptors (Lipinski definition) is 3. The van der Waals surface area contributed by atoms with E-state index in [4.69, 9.17) is 11.6 Å². The summed E-state index contributed by atoms with van der Waals surface area (Å²) in [5.41, 5.74) is -6.95. The highest BCUT2D eigenvalue weighted by Gasteiger charge is 2.69. The molecule has 0 bridgehead atoms. The molecule has 1 N–H and O–H groups in total. The van der Waals surface area contributed by atoms with Crippen LogP contribution in [0.15, 0.2) is 24.3 Å². The molecule has 0 saturated heterocycles. The summed E-state index contributed by atoms with van der Waals surface area (Å²) in [5.74, 6) is -13.2. The normalized spacial score (nSPS) is 18.6. The minimum Gasteiger partial charge on any atom is -0.430 e. The van der Waals surface area contributed by atoms with Gasteiger partial charge in [0.05, 0.1) is 5.69 Å². The second-order valence-electron chi connectivity index (χ2n) is 5.56. The Morgan fingerprint density at radius 1 is 1.04 bits per heavy atom. The molecule has 0 saturated carbocycles. The van der Waals surface area contributed by atoms with E-state index in [0.717, 1.165) is 18.2 Å². The van der Waals surface area contributed by atoms with Gasteiger partial charge in [0.2, 0.25) is 0 Å². The summed E-state index contributed by atoms with van der Waals surface area (Å²) < 4.78 is 98.9. The third-order valence-corrected chi connectivity index (χ3v) is 4.13. The number of hydrogen-bond donors (Lipinski definition) is 1. The Kier molecular flexibility index (Phi) is 4.53. The van der Waals surface area contributed by atoms with E-state index in [2.05, 4.69) is 4.74 Å². The monoisotopic (exact) mass is 427 g/mol. The van der Waals surface area contributed by atoms with Gasteiger partial charge in [-0.3, -0.25) is 4.79 Å². The highest BCUT2D eigenvalue weighted by Crippen LogP contribution is 2.50. The highest BCUT2D eigenvalue weighted by atomic mass is 35.5. The first kappa shape index (κ1) is 19.9. The number of rotatable bonds is 2. The highest BCUT2D eigenvalue weighted by molar-refractivity contribution is 6.31. The van der Waals surface area contributed by atoms with Crippen molar-refractivity contribution in [1.29, 1.82) is 0 Å². The van der Waals surface area contributed by atoms with Crippen molar-refractivity contribution in [3.8, 4) is 0 Å². The fourth-order valence-electron chi connectivity index (χ4n) is 2.62.